The van der Waals surface area contributed by atoms with Crippen LogP contribution >= 0.6 is 0 Å². The average molecular weight is 252 g/mol. The molecular formula is C12H19F3O2. The maximum atomic E-state index is 12.2. The van der Waals surface area contributed by atoms with E-state index in [1.54, 1.807) is 0 Å². The fraction of sp³-hybridized carbons (Fsp3) is 0.917. The van der Waals surface area contributed by atoms with Crippen LogP contribution in [0.3, 0.4) is 0 Å². The Morgan fingerprint density at radius 3 is 2.00 bits per heavy atom. The molecule has 0 heterocycles. The Morgan fingerprint density at radius 1 is 1.18 bits per heavy atom. The van der Waals surface area contributed by atoms with Crippen LogP contribution in [0, 0.1) is 10.8 Å². The molecule has 0 aromatic rings. The van der Waals surface area contributed by atoms with Gasteiger partial charge < -0.3 is 5.11 Å². The van der Waals surface area contributed by atoms with Gasteiger partial charge in [-0.2, -0.15) is 13.2 Å². The third kappa shape index (κ3) is 3.89. The Balaban J connectivity index is 2.69. The van der Waals surface area contributed by atoms with Crippen molar-refractivity contribution in [2.24, 2.45) is 10.8 Å². The predicted molar refractivity (Wildman–Crippen MR) is 57.6 cm³/mol. The number of rotatable bonds is 3. The highest BCUT2D eigenvalue weighted by atomic mass is 19.4. The zero-order valence-electron chi connectivity index (χ0n) is 10.2. The van der Waals surface area contributed by atoms with Crippen LogP contribution in [0.1, 0.15) is 52.4 Å². The quantitative estimate of drug-likeness (QED) is 0.824. The molecule has 0 bridgehead atoms. The second kappa shape index (κ2) is 4.50. The molecule has 0 unspecified atom stereocenters. The number of hydrogen-bond acceptors (Lipinski definition) is 1. The summed E-state index contributed by atoms with van der Waals surface area (Å²) in [6, 6.07) is 0. The number of carboxylic acid groups (broad SMARTS) is 1. The van der Waals surface area contributed by atoms with Gasteiger partial charge in [-0.05, 0) is 37.5 Å². The minimum atomic E-state index is -4.27. The summed E-state index contributed by atoms with van der Waals surface area (Å²) in [5, 5.41) is 9.19. The van der Waals surface area contributed by atoms with Gasteiger partial charge in [0.2, 0.25) is 0 Å². The van der Waals surface area contributed by atoms with Gasteiger partial charge in [-0.1, -0.05) is 13.8 Å². The van der Waals surface area contributed by atoms with Crippen LogP contribution in [0.4, 0.5) is 13.2 Å². The highest BCUT2D eigenvalue weighted by molar-refractivity contribution is 5.74. The van der Waals surface area contributed by atoms with E-state index in [1.165, 1.54) is 0 Å². The first kappa shape index (κ1) is 14.3. The molecule has 2 nitrogen and oxygen atoms in total. The van der Waals surface area contributed by atoms with Crippen LogP contribution in [-0.4, -0.2) is 17.3 Å². The molecule has 17 heavy (non-hydrogen) atoms. The summed E-state index contributed by atoms with van der Waals surface area (Å²) < 4.78 is 36.6. The molecule has 0 amide bonds. The first-order valence-corrected chi connectivity index (χ1v) is 5.87. The third-order valence-corrected chi connectivity index (χ3v) is 3.90. The number of alkyl halides is 3. The zero-order chi connectivity index (χ0) is 13.3. The molecule has 1 saturated carbocycles. The van der Waals surface area contributed by atoms with Crippen molar-refractivity contribution in [2.75, 3.05) is 0 Å². The van der Waals surface area contributed by atoms with Gasteiger partial charge in [0, 0.05) is 6.42 Å². The van der Waals surface area contributed by atoms with Gasteiger partial charge >= 0.3 is 12.1 Å². The molecule has 1 aliphatic carbocycles. The van der Waals surface area contributed by atoms with E-state index in [9.17, 15) is 23.1 Å². The summed E-state index contributed by atoms with van der Waals surface area (Å²) in [6.07, 6.45) is -3.50. The summed E-state index contributed by atoms with van der Waals surface area (Å²) >= 11 is 0. The Labute approximate surface area is 99.2 Å². The van der Waals surface area contributed by atoms with Crippen LogP contribution in [0.5, 0.6) is 0 Å². The van der Waals surface area contributed by atoms with Crippen LogP contribution in [0.25, 0.3) is 0 Å². The fourth-order valence-corrected chi connectivity index (χ4v) is 2.36. The lowest BCUT2D eigenvalue weighted by molar-refractivity contribution is -0.162. The molecule has 0 saturated heterocycles. The number of carboxylic acids is 1. The number of hydrogen-bond donors (Lipinski definition) is 1. The number of halogens is 3. The second-order valence-electron chi connectivity index (χ2n) is 5.86. The van der Waals surface area contributed by atoms with Crippen molar-refractivity contribution in [3.8, 4) is 0 Å². The molecule has 0 spiro atoms. The van der Waals surface area contributed by atoms with E-state index in [2.05, 4.69) is 0 Å². The molecule has 1 N–H and O–H groups in total. The van der Waals surface area contributed by atoms with E-state index in [1.807, 2.05) is 13.8 Å². The normalized spacial score (nSPS) is 23.4. The van der Waals surface area contributed by atoms with Gasteiger partial charge in [0.1, 0.15) is 0 Å². The third-order valence-electron chi connectivity index (χ3n) is 3.90. The van der Waals surface area contributed by atoms with Gasteiger partial charge in [-0.3, -0.25) is 4.79 Å². The van der Waals surface area contributed by atoms with Crippen molar-refractivity contribution in [1.29, 1.82) is 0 Å². The summed E-state index contributed by atoms with van der Waals surface area (Å²) in [7, 11) is 0. The molecule has 0 aromatic carbocycles. The molecule has 1 rings (SSSR count). The molecule has 1 aliphatic rings. The number of aliphatic carboxylic acids is 1. The average Bonchev–Trinajstić information content (AvgIpc) is 2.15. The topological polar surface area (TPSA) is 37.3 Å². The summed E-state index contributed by atoms with van der Waals surface area (Å²) in [4.78, 5) is 11.2. The van der Waals surface area contributed by atoms with Crippen LogP contribution in [0.2, 0.25) is 0 Å². The van der Waals surface area contributed by atoms with Gasteiger partial charge in [-0.25, -0.2) is 0 Å². The zero-order valence-corrected chi connectivity index (χ0v) is 10.2. The lowest BCUT2D eigenvalue weighted by Crippen LogP contribution is -2.38. The van der Waals surface area contributed by atoms with Crippen LogP contribution in [0.15, 0.2) is 0 Å². The fourth-order valence-electron chi connectivity index (χ4n) is 2.36. The van der Waals surface area contributed by atoms with Crippen molar-refractivity contribution in [2.45, 2.75) is 58.5 Å². The SMILES string of the molecule is CC1(C)CCC(CCC(F)(F)F)(C(=O)O)CC1. The molecule has 5 heteroatoms. The van der Waals surface area contributed by atoms with Crippen LogP contribution in [-0.2, 0) is 4.79 Å². The van der Waals surface area contributed by atoms with E-state index in [0.717, 1.165) is 0 Å². The van der Waals surface area contributed by atoms with Crippen molar-refractivity contribution in [3.05, 3.63) is 0 Å². The molecule has 100 valence electrons. The Bertz CT molecular complexity index is 285. The van der Waals surface area contributed by atoms with E-state index in [0.29, 0.717) is 25.7 Å². The lowest BCUT2D eigenvalue weighted by atomic mass is 9.63. The maximum absolute atomic E-state index is 12.2. The van der Waals surface area contributed by atoms with Crippen molar-refractivity contribution >= 4 is 5.97 Å². The van der Waals surface area contributed by atoms with Crippen LogP contribution < -0.4 is 0 Å². The summed E-state index contributed by atoms with van der Waals surface area (Å²) in [6.45, 7) is 4.06. The minimum Gasteiger partial charge on any atom is -0.481 e. The number of carbonyl (C=O) groups is 1. The molecular weight excluding hydrogens is 233 g/mol. The van der Waals surface area contributed by atoms with E-state index < -0.39 is 24.0 Å². The monoisotopic (exact) mass is 252 g/mol. The standard InChI is InChI=1S/C12H19F3O2/c1-10(2)3-5-11(6-4-10,9(16)17)7-8-12(13,14)15/h3-8H2,1-2H3,(H,16,17). The van der Waals surface area contributed by atoms with E-state index in [-0.39, 0.29) is 11.8 Å². The highest BCUT2D eigenvalue weighted by Gasteiger charge is 2.45. The molecule has 0 aromatic heterocycles. The summed E-state index contributed by atoms with van der Waals surface area (Å²) in [5.41, 5.74) is -1.11. The van der Waals surface area contributed by atoms with Gasteiger partial charge in [-0.15, -0.1) is 0 Å². The molecule has 0 radical (unpaired) electrons. The van der Waals surface area contributed by atoms with Crippen molar-refractivity contribution in [1.82, 2.24) is 0 Å². The van der Waals surface area contributed by atoms with Gasteiger partial charge in [0.25, 0.3) is 0 Å². The Morgan fingerprint density at radius 2 is 1.65 bits per heavy atom. The molecule has 1 fully saturated rings. The van der Waals surface area contributed by atoms with Crippen molar-refractivity contribution in [3.63, 3.8) is 0 Å². The van der Waals surface area contributed by atoms with E-state index in [4.69, 9.17) is 0 Å². The smallest absolute Gasteiger partial charge is 0.389 e. The summed E-state index contributed by atoms with van der Waals surface area (Å²) in [5.74, 6) is -1.07. The van der Waals surface area contributed by atoms with Gasteiger partial charge in [0.15, 0.2) is 0 Å². The lowest BCUT2D eigenvalue weighted by Gasteiger charge is -2.41. The first-order chi connectivity index (χ1) is 7.56. The second-order valence-corrected chi connectivity index (χ2v) is 5.86. The van der Waals surface area contributed by atoms with Gasteiger partial charge in [0.05, 0.1) is 5.41 Å². The predicted octanol–water partition coefficient (Wildman–Crippen LogP) is 4.00. The Hall–Kier alpha value is -0.740. The van der Waals surface area contributed by atoms with E-state index >= 15 is 0 Å². The maximum Gasteiger partial charge on any atom is 0.389 e. The van der Waals surface area contributed by atoms with Crippen molar-refractivity contribution < 1.29 is 23.1 Å². The minimum absolute atomic E-state index is 0.0528. The largest absolute Gasteiger partial charge is 0.481 e. The first-order valence-electron chi connectivity index (χ1n) is 5.87. The molecule has 0 aliphatic heterocycles. The highest BCUT2D eigenvalue weighted by Crippen LogP contribution is 2.48. The Kier molecular flexibility index (Phi) is 3.79. The molecule has 0 atom stereocenters.